The van der Waals surface area contributed by atoms with Gasteiger partial charge in [-0.1, -0.05) is 17.7 Å². The highest BCUT2D eigenvalue weighted by atomic mass is 35.5. The first kappa shape index (κ1) is 14.5. The third-order valence-corrected chi connectivity index (χ3v) is 2.27. The third kappa shape index (κ3) is 4.03. The van der Waals surface area contributed by atoms with Gasteiger partial charge in [-0.25, -0.2) is 0 Å². The van der Waals surface area contributed by atoms with E-state index < -0.39 is 24.5 Å². The molecule has 0 saturated heterocycles. The van der Waals surface area contributed by atoms with Gasteiger partial charge >= 0.3 is 6.18 Å². The van der Waals surface area contributed by atoms with Crippen LogP contribution < -0.4 is 0 Å². The lowest BCUT2D eigenvalue weighted by molar-refractivity contribution is -0.154. The Morgan fingerprint density at radius 1 is 1.33 bits per heavy atom. The number of hydrogen-bond acceptors (Lipinski definition) is 2. The molecular formula is C11H9ClF3NO2. The SMILES string of the molecule is CC(=O)N(CC(F)(F)F)C(=O)c1cccc(Cl)c1. The average molecular weight is 280 g/mol. The minimum Gasteiger partial charge on any atom is -0.275 e. The summed E-state index contributed by atoms with van der Waals surface area (Å²) in [4.78, 5) is 23.0. The summed E-state index contributed by atoms with van der Waals surface area (Å²) in [7, 11) is 0. The summed E-state index contributed by atoms with van der Waals surface area (Å²) in [6.07, 6.45) is -4.64. The molecule has 0 saturated carbocycles. The van der Waals surface area contributed by atoms with Gasteiger partial charge in [-0.15, -0.1) is 0 Å². The van der Waals surface area contributed by atoms with E-state index >= 15 is 0 Å². The van der Waals surface area contributed by atoms with Crippen molar-refractivity contribution in [3.63, 3.8) is 0 Å². The Hall–Kier alpha value is -1.56. The van der Waals surface area contributed by atoms with Crippen LogP contribution in [0.3, 0.4) is 0 Å². The molecule has 1 aromatic carbocycles. The number of rotatable bonds is 2. The van der Waals surface area contributed by atoms with Gasteiger partial charge in [-0.05, 0) is 18.2 Å². The minimum atomic E-state index is -4.64. The number of hydrogen-bond donors (Lipinski definition) is 0. The first-order valence-electron chi connectivity index (χ1n) is 4.85. The Labute approximate surface area is 106 Å². The van der Waals surface area contributed by atoms with Crippen LogP contribution in [0.2, 0.25) is 5.02 Å². The number of alkyl halides is 3. The predicted molar refractivity (Wildman–Crippen MR) is 59.2 cm³/mol. The van der Waals surface area contributed by atoms with Gasteiger partial charge in [0.05, 0.1) is 0 Å². The number of nitrogens with zero attached hydrogens (tertiary/aromatic N) is 1. The summed E-state index contributed by atoms with van der Waals surface area (Å²) < 4.78 is 36.7. The highest BCUT2D eigenvalue weighted by Crippen LogP contribution is 2.19. The summed E-state index contributed by atoms with van der Waals surface area (Å²) in [5.74, 6) is -2.00. The zero-order valence-corrected chi connectivity index (χ0v) is 10.0. The zero-order chi connectivity index (χ0) is 13.9. The number of carbonyl (C=O) groups is 2. The molecule has 0 fully saturated rings. The standard InChI is InChI=1S/C11H9ClF3NO2/c1-7(17)16(6-11(13,14)15)10(18)8-3-2-4-9(12)5-8/h2-5H,6H2,1H3. The van der Waals surface area contributed by atoms with Crippen LogP contribution >= 0.6 is 11.6 Å². The highest BCUT2D eigenvalue weighted by molar-refractivity contribution is 6.31. The lowest BCUT2D eigenvalue weighted by Crippen LogP contribution is -2.42. The summed E-state index contributed by atoms with van der Waals surface area (Å²) in [6.45, 7) is -0.720. The molecule has 0 N–H and O–H groups in total. The molecule has 18 heavy (non-hydrogen) atoms. The molecule has 1 aromatic rings. The molecule has 0 unspecified atom stereocenters. The lowest BCUT2D eigenvalue weighted by atomic mass is 10.2. The Balaban J connectivity index is 3.00. The second-order valence-electron chi connectivity index (χ2n) is 3.54. The maximum absolute atomic E-state index is 12.2. The van der Waals surface area contributed by atoms with E-state index in [0.717, 1.165) is 6.92 Å². The van der Waals surface area contributed by atoms with Gasteiger partial charge in [-0.2, -0.15) is 13.2 Å². The Kier molecular flexibility index (Phi) is 4.34. The van der Waals surface area contributed by atoms with Gasteiger partial charge in [-0.3, -0.25) is 14.5 Å². The largest absolute Gasteiger partial charge is 0.406 e. The fraction of sp³-hybridized carbons (Fsp3) is 0.273. The van der Waals surface area contributed by atoms with Crippen molar-refractivity contribution in [2.24, 2.45) is 0 Å². The van der Waals surface area contributed by atoms with Crippen LogP contribution in [0.5, 0.6) is 0 Å². The van der Waals surface area contributed by atoms with Gasteiger partial charge < -0.3 is 0 Å². The Morgan fingerprint density at radius 3 is 2.39 bits per heavy atom. The van der Waals surface area contributed by atoms with E-state index in [2.05, 4.69) is 0 Å². The second kappa shape index (κ2) is 5.39. The van der Waals surface area contributed by atoms with Crippen LogP contribution in [-0.2, 0) is 4.79 Å². The van der Waals surface area contributed by atoms with Gasteiger partial charge in [0.2, 0.25) is 5.91 Å². The van der Waals surface area contributed by atoms with Crippen molar-refractivity contribution in [1.82, 2.24) is 4.90 Å². The van der Waals surface area contributed by atoms with E-state index in [4.69, 9.17) is 11.6 Å². The number of halogens is 4. The van der Waals surface area contributed by atoms with E-state index in [0.29, 0.717) is 0 Å². The van der Waals surface area contributed by atoms with Gasteiger partial charge in [0, 0.05) is 17.5 Å². The van der Waals surface area contributed by atoms with Gasteiger partial charge in [0.25, 0.3) is 5.91 Å². The molecule has 98 valence electrons. The summed E-state index contributed by atoms with van der Waals surface area (Å²) in [5, 5.41) is 0.205. The van der Waals surface area contributed by atoms with E-state index in [1.54, 1.807) is 0 Å². The molecule has 0 spiro atoms. The normalized spacial score (nSPS) is 11.2. The van der Waals surface area contributed by atoms with Crippen molar-refractivity contribution in [3.8, 4) is 0 Å². The summed E-state index contributed by atoms with van der Waals surface area (Å²) in [6, 6.07) is 5.39. The molecular weight excluding hydrogens is 271 g/mol. The second-order valence-corrected chi connectivity index (χ2v) is 3.97. The molecule has 2 amide bonds. The third-order valence-electron chi connectivity index (χ3n) is 2.03. The molecule has 0 atom stereocenters. The molecule has 0 heterocycles. The van der Waals surface area contributed by atoms with E-state index in [1.165, 1.54) is 24.3 Å². The number of imide groups is 1. The number of benzene rings is 1. The maximum atomic E-state index is 12.2. The number of amides is 2. The predicted octanol–water partition coefficient (Wildman–Crippen LogP) is 2.89. The van der Waals surface area contributed by atoms with Crippen LogP contribution in [0.15, 0.2) is 24.3 Å². The van der Waals surface area contributed by atoms with Gasteiger partial charge in [0.1, 0.15) is 6.54 Å². The average Bonchev–Trinajstić information content (AvgIpc) is 2.23. The maximum Gasteiger partial charge on any atom is 0.406 e. The van der Waals surface area contributed by atoms with Crippen molar-refractivity contribution in [3.05, 3.63) is 34.9 Å². The molecule has 0 radical (unpaired) electrons. The van der Waals surface area contributed by atoms with Gasteiger partial charge in [0.15, 0.2) is 0 Å². The smallest absolute Gasteiger partial charge is 0.275 e. The minimum absolute atomic E-state index is 0.0676. The molecule has 0 aliphatic heterocycles. The van der Waals surface area contributed by atoms with Crippen LogP contribution in [0.1, 0.15) is 17.3 Å². The Bertz CT molecular complexity index is 474. The summed E-state index contributed by atoms with van der Waals surface area (Å²) in [5.41, 5.74) is -0.0676. The highest BCUT2D eigenvalue weighted by Gasteiger charge is 2.35. The number of carbonyl (C=O) groups excluding carboxylic acids is 2. The van der Waals surface area contributed by atoms with Crippen molar-refractivity contribution in [2.75, 3.05) is 6.54 Å². The van der Waals surface area contributed by atoms with Crippen LogP contribution in [0, 0.1) is 0 Å². The van der Waals surface area contributed by atoms with Crippen LogP contribution in [0.4, 0.5) is 13.2 Å². The molecule has 0 aromatic heterocycles. The molecule has 3 nitrogen and oxygen atoms in total. The molecule has 7 heteroatoms. The Morgan fingerprint density at radius 2 is 1.94 bits per heavy atom. The quantitative estimate of drug-likeness (QED) is 0.835. The lowest BCUT2D eigenvalue weighted by Gasteiger charge is -2.20. The van der Waals surface area contributed by atoms with Crippen molar-refractivity contribution in [2.45, 2.75) is 13.1 Å². The van der Waals surface area contributed by atoms with Crippen molar-refractivity contribution >= 4 is 23.4 Å². The van der Waals surface area contributed by atoms with E-state index in [-0.39, 0.29) is 15.5 Å². The first-order chi connectivity index (χ1) is 8.20. The monoisotopic (exact) mass is 279 g/mol. The topological polar surface area (TPSA) is 37.4 Å². The first-order valence-corrected chi connectivity index (χ1v) is 5.23. The summed E-state index contributed by atoms with van der Waals surface area (Å²) >= 11 is 5.63. The van der Waals surface area contributed by atoms with Crippen molar-refractivity contribution < 1.29 is 22.8 Å². The van der Waals surface area contributed by atoms with E-state index in [9.17, 15) is 22.8 Å². The van der Waals surface area contributed by atoms with E-state index in [1.807, 2.05) is 0 Å². The van der Waals surface area contributed by atoms with Crippen LogP contribution in [0.25, 0.3) is 0 Å². The molecule has 0 aliphatic rings. The van der Waals surface area contributed by atoms with Crippen molar-refractivity contribution in [1.29, 1.82) is 0 Å². The molecule has 1 rings (SSSR count). The molecule has 0 bridgehead atoms. The molecule has 0 aliphatic carbocycles. The fourth-order valence-electron chi connectivity index (χ4n) is 1.28. The fourth-order valence-corrected chi connectivity index (χ4v) is 1.47. The zero-order valence-electron chi connectivity index (χ0n) is 9.29. The van der Waals surface area contributed by atoms with Crippen LogP contribution in [-0.4, -0.2) is 29.4 Å².